The minimum atomic E-state index is 0.0126. The second-order valence-electron chi connectivity index (χ2n) is 5.31. The van der Waals surface area contributed by atoms with Crippen LogP contribution >= 0.6 is 11.8 Å². The molecule has 0 saturated heterocycles. The predicted octanol–water partition coefficient (Wildman–Crippen LogP) is 4.07. The highest BCUT2D eigenvalue weighted by molar-refractivity contribution is 7.99. The largest absolute Gasteiger partial charge is 0.325 e. The molecule has 0 bridgehead atoms. The Morgan fingerprint density at radius 2 is 2.15 bits per heavy atom. The summed E-state index contributed by atoms with van der Waals surface area (Å²) in [6.45, 7) is 1.91. The number of benzene rings is 1. The first-order valence-electron chi connectivity index (χ1n) is 7.13. The Hall–Kier alpha value is -1.47. The number of amides is 1. The molecule has 0 unspecified atom stereocenters. The summed E-state index contributed by atoms with van der Waals surface area (Å²) in [6, 6.07) is 10.1. The Balaban J connectivity index is 2.00. The molecule has 4 heteroatoms. The highest BCUT2D eigenvalue weighted by Gasteiger charge is 2.23. The third-order valence-corrected chi connectivity index (χ3v) is 4.91. The fourth-order valence-electron chi connectivity index (χ4n) is 2.37. The summed E-state index contributed by atoms with van der Waals surface area (Å²) in [5, 5.41) is 11.9. The maximum Gasteiger partial charge on any atom is 0.227 e. The van der Waals surface area contributed by atoms with Crippen LogP contribution in [0.15, 0.2) is 29.2 Å². The first kappa shape index (κ1) is 14.9. The van der Waals surface area contributed by atoms with Gasteiger partial charge in [-0.1, -0.05) is 25.0 Å². The minimum absolute atomic E-state index is 0.0126. The summed E-state index contributed by atoms with van der Waals surface area (Å²) in [4.78, 5) is 13.2. The van der Waals surface area contributed by atoms with Crippen molar-refractivity contribution in [1.82, 2.24) is 0 Å². The molecule has 0 radical (unpaired) electrons. The first-order valence-corrected chi connectivity index (χ1v) is 8.11. The van der Waals surface area contributed by atoms with Crippen molar-refractivity contribution >= 4 is 23.4 Å². The molecule has 1 fully saturated rings. The molecule has 1 N–H and O–H groups in total. The standard InChI is InChI=1S/C16H20N2OS/c1-12(10-17)11-20-15-9-5-4-8-14(15)18-16(19)13-6-2-3-7-13/h4-5,8-9,12-13H,2-3,6-7,11H2,1H3,(H,18,19)/t12-/m0/s1. The van der Waals surface area contributed by atoms with Gasteiger partial charge < -0.3 is 5.32 Å². The fourth-order valence-corrected chi connectivity index (χ4v) is 3.32. The van der Waals surface area contributed by atoms with Crippen LogP contribution in [0.4, 0.5) is 5.69 Å². The van der Waals surface area contributed by atoms with Crippen LogP contribution in [0.1, 0.15) is 32.6 Å². The summed E-state index contributed by atoms with van der Waals surface area (Å²) in [7, 11) is 0. The molecule has 2 rings (SSSR count). The van der Waals surface area contributed by atoms with Crippen LogP contribution in [0, 0.1) is 23.2 Å². The zero-order valence-electron chi connectivity index (χ0n) is 11.8. The van der Waals surface area contributed by atoms with Crippen molar-refractivity contribution in [2.45, 2.75) is 37.5 Å². The van der Waals surface area contributed by atoms with Gasteiger partial charge in [-0.25, -0.2) is 0 Å². The third kappa shape index (κ3) is 4.01. The minimum Gasteiger partial charge on any atom is -0.325 e. The number of anilines is 1. The smallest absolute Gasteiger partial charge is 0.227 e. The zero-order valence-corrected chi connectivity index (χ0v) is 12.6. The van der Waals surface area contributed by atoms with Crippen LogP contribution < -0.4 is 5.32 Å². The average Bonchev–Trinajstić information content (AvgIpc) is 3.00. The van der Waals surface area contributed by atoms with Gasteiger partial charge in [0.15, 0.2) is 0 Å². The quantitative estimate of drug-likeness (QED) is 0.831. The van der Waals surface area contributed by atoms with Gasteiger partial charge in [0.05, 0.1) is 17.7 Å². The van der Waals surface area contributed by atoms with Gasteiger partial charge in [-0.3, -0.25) is 4.79 Å². The number of hydrogen-bond donors (Lipinski definition) is 1. The van der Waals surface area contributed by atoms with E-state index in [4.69, 9.17) is 5.26 Å². The number of carbonyl (C=O) groups excluding carboxylic acids is 1. The summed E-state index contributed by atoms with van der Waals surface area (Å²) in [6.07, 6.45) is 4.33. The second kappa shape index (κ2) is 7.35. The number of nitrogens with one attached hydrogen (secondary N) is 1. The number of para-hydroxylation sites is 1. The van der Waals surface area contributed by atoms with Crippen LogP contribution in [0.25, 0.3) is 0 Å². The average molecular weight is 288 g/mol. The van der Waals surface area contributed by atoms with Crippen LogP contribution in [-0.2, 0) is 4.79 Å². The normalized spacial score (nSPS) is 16.6. The molecule has 0 aromatic heterocycles. The van der Waals surface area contributed by atoms with E-state index in [-0.39, 0.29) is 17.7 Å². The monoisotopic (exact) mass is 288 g/mol. The number of nitriles is 1. The molecule has 0 spiro atoms. The van der Waals surface area contributed by atoms with Gasteiger partial charge in [-0.15, -0.1) is 11.8 Å². The molecule has 1 amide bonds. The Morgan fingerprint density at radius 3 is 2.85 bits per heavy atom. The van der Waals surface area contributed by atoms with E-state index in [2.05, 4.69) is 11.4 Å². The molecule has 1 aromatic rings. The molecular formula is C16H20N2OS. The first-order chi connectivity index (χ1) is 9.70. The lowest BCUT2D eigenvalue weighted by Crippen LogP contribution is -2.20. The highest BCUT2D eigenvalue weighted by atomic mass is 32.2. The van der Waals surface area contributed by atoms with Crippen molar-refractivity contribution in [2.75, 3.05) is 11.1 Å². The summed E-state index contributed by atoms with van der Waals surface area (Å²) >= 11 is 1.63. The van der Waals surface area contributed by atoms with E-state index in [1.165, 1.54) is 0 Å². The van der Waals surface area contributed by atoms with Gasteiger partial charge in [0.25, 0.3) is 0 Å². The summed E-state index contributed by atoms with van der Waals surface area (Å²) < 4.78 is 0. The van der Waals surface area contributed by atoms with Gasteiger partial charge in [0.1, 0.15) is 0 Å². The van der Waals surface area contributed by atoms with Crippen LogP contribution in [0.3, 0.4) is 0 Å². The van der Waals surface area contributed by atoms with Crippen molar-refractivity contribution in [3.63, 3.8) is 0 Å². The number of rotatable bonds is 5. The fraction of sp³-hybridized carbons (Fsp3) is 0.500. The van der Waals surface area contributed by atoms with Crippen LogP contribution in [0.5, 0.6) is 0 Å². The molecule has 20 heavy (non-hydrogen) atoms. The highest BCUT2D eigenvalue weighted by Crippen LogP contribution is 2.31. The maximum absolute atomic E-state index is 12.2. The second-order valence-corrected chi connectivity index (χ2v) is 6.37. The Labute approximate surface area is 124 Å². The van der Waals surface area contributed by atoms with Gasteiger partial charge in [0.2, 0.25) is 5.91 Å². The third-order valence-electron chi connectivity index (χ3n) is 3.58. The van der Waals surface area contributed by atoms with E-state index in [1.807, 2.05) is 31.2 Å². The predicted molar refractivity (Wildman–Crippen MR) is 82.5 cm³/mol. The molecule has 106 valence electrons. The lowest BCUT2D eigenvalue weighted by atomic mass is 10.1. The topological polar surface area (TPSA) is 52.9 Å². The van der Waals surface area contributed by atoms with Gasteiger partial charge in [-0.2, -0.15) is 5.26 Å². The van der Waals surface area contributed by atoms with Crippen LogP contribution in [-0.4, -0.2) is 11.7 Å². The maximum atomic E-state index is 12.2. The lowest BCUT2D eigenvalue weighted by Gasteiger charge is -2.14. The number of hydrogen-bond acceptors (Lipinski definition) is 3. The van der Waals surface area contributed by atoms with E-state index in [1.54, 1.807) is 11.8 Å². The molecule has 3 nitrogen and oxygen atoms in total. The van der Waals surface area contributed by atoms with Crippen molar-refractivity contribution in [3.8, 4) is 6.07 Å². The van der Waals surface area contributed by atoms with E-state index in [0.717, 1.165) is 42.0 Å². The van der Waals surface area contributed by atoms with Crippen molar-refractivity contribution in [1.29, 1.82) is 5.26 Å². The van der Waals surface area contributed by atoms with Gasteiger partial charge in [-0.05, 0) is 31.9 Å². The van der Waals surface area contributed by atoms with Crippen LogP contribution in [0.2, 0.25) is 0 Å². The Kier molecular flexibility index (Phi) is 5.49. The number of carbonyl (C=O) groups is 1. The molecule has 1 aliphatic rings. The number of nitrogens with zero attached hydrogens (tertiary/aromatic N) is 1. The Bertz CT molecular complexity index is 503. The van der Waals surface area contributed by atoms with Gasteiger partial charge in [0, 0.05) is 16.6 Å². The Morgan fingerprint density at radius 1 is 1.45 bits per heavy atom. The molecular weight excluding hydrogens is 268 g/mol. The molecule has 0 aliphatic heterocycles. The lowest BCUT2D eigenvalue weighted by molar-refractivity contribution is -0.119. The molecule has 1 saturated carbocycles. The molecule has 1 aliphatic carbocycles. The van der Waals surface area contributed by atoms with Crippen molar-refractivity contribution < 1.29 is 4.79 Å². The van der Waals surface area contributed by atoms with E-state index >= 15 is 0 Å². The van der Waals surface area contributed by atoms with Crippen molar-refractivity contribution in [2.24, 2.45) is 11.8 Å². The zero-order chi connectivity index (χ0) is 14.4. The molecule has 1 aromatic carbocycles. The van der Waals surface area contributed by atoms with E-state index < -0.39 is 0 Å². The van der Waals surface area contributed by atoms with Crippen molar-refractivity contribution in [3.05, 3.63) is 24.3 Å². The summed E-state index contributed by atoms with van der Waals surface area (Å²) in [5.41, 5.74) is 0.875. The molecule has 0 heterocycles. The molecule has 1 atom stereocenters. The SMILES string of the molecule is C[C@@H](C#N)CSc1ccccc1NC(=O)C1CCCC1. The number of thioether (sulfide) groups is 1. The van der Waals surface area contributed by atoms with E-state index in [9.17, 15) is 4.79 Å². The summed E-state index contributed by atoms with van der Waals surface area (Å²) in [5.74, 6) is 1.07. The van der Waals surface area contributed by atoms with E-state index in [0.29, 0.717) is 0 Å². The van der Waals surface area contributed by atoms with Gasteiger partial charge >= 0.3 is 0 Å².